The summed E-state index contributed by atoms with van der Waals surface area (Å²) in [5.41, 5.74) is 17.8. The van der Waals surface area contributed by atoms with Gasteiger partial charge in [0.1, 0.15) is 0 Å². The van der Waals surface area contributed by atoms with E-state index in [0.717, 1.165) is 93.6 Å². The van der Waals surface area contributed by atoms with E-state index in [4.69, 9.17) is 0 Å². The molecule has 0 saturated carbocycles. The van der Waals surface area contributed by atoms with Gasteiger partial charge in [-0.2, -0.15) is 0 Å². The maximum absolute atomic E-state index is 12.3. The molecule has 20 aromatic rings. The first kappa shape index (κ1) is 52.1. The van der Waals surface area contributed by atoms with Gasteiger partial charge < -0.3 is 14.4 Å². The Labute approximate surface area is 759 Å². The molecule has 2 aliphatic heterocycles. The number of nitrogens with zero attached hydrogens (tertiary/aromatic N) is 3. The van der Waals surface area contributed by atoms with E-state index in [0.29, 0.717) is 78.3 Å². The highest BCUT2D eigenvalue weighted by Crippen LogP contribution is 2.67. The molecular weight excluding hydrogens is 1510 g/mol. The Bertz CT molecular complexity index is 8990. The van der Waals surface area contributed by atoms with Gasteiger partial charge in [0.15, 0.2) is 0 Å². The number of rotatable bonds is 8. The molecule has 3 nitrogen and oxygen atoms in total. The van der Waals surface area contributed by atoms with Gasteiger partial charge in [-0.15, -0.1) is 0 Å². The van der Waals surface area contributed by atoms with Crippen LogP contribution in [0, 0.1) is 0 Å². The molecule has 27 rings (SSSR count). The third-order valence-corrected chi connectivity index (χ3v) is 27.6. The molecular formula is C121H80BN3. The second-order valence-corrected chi connectivity index (χ2v) is 34.5. The van der Waals surface area contributed by atoms with Crippen molar-refractivity contribution in [2.45, 2.75) is 42.9 Å². The minimum atomic E-state index is -1.85. The van der Waals surface area contributed by atoms with Crippen molar-refractivity contribution in [1.82, 2.24) is 4.57 Å². The minimum absolute atomic E-state index is 0.148. The van der Waals surface area contributed by atoms with E-state index < -0.39 is 184 Å². The molecule has 0 saturated heterocycles. The van der Waals surface area contributed by atoms with Gasteiger partial charge in [-0.25, -0.2) is 0 Å². The highest BCUT2D eigenvalue weighted by atomic mass is 15.2. The molecule has 19 aromatic carbocycles. The Kier molecular flexibility index (Phi) is 10.9. The van der Waals surface area contributed by atoms with Crippen LogP contribution in [0.2, 0.25) is 0 Å². The molecule has 0 unspecified atom stereocenters. The van der Waals surface area contributed by atoms with Crippen LogP contribution < -0.4 is 26.2 Å². The van der Waals surface area contributed by atoms with Crippen molar-refractivity contribution in [3.63, 3.8) is 0 Å². The number of benzene rings is 19. The summed E-state index contributed by atoms with van der Waals surface area (Å²) >= 11 is 0. The van der Waals surface area contributed by atoms with Crippen LogP contribution in [0.3, 0.4) is 0 Å². The lowest BCUT2D eigenvalue weighted by molar-refractivity contribution is 0.590. The molecule has 7 aliphatic rings. The molecule has 1 aromatic heterocycles. The van der Waals surface area contributed by atoms with Crippen LogP contribution in [0.25, 0.3) is 128 Å². The van der Waals surface area contributed by atoms with Crippen LogP contribution in [0.4, 0.5) is 34.1 Å². The maximum atomic E-state index is 12.3. The van der Waals surface area contributed by atoms with E-state index in [1.807, 2.05) is 119 Å². The molecule has 2 spiro atoms. The summed E-state index contributed by atoms with van der Waals surface area (Å²) < 4.78 is 227. The lowest BCUT2D eigenvalue weighted by Gasteiger charge is -2.46. The molecule has 0 radical (unpaired) electrons. The standard InChI is InChI=1S/C121H80BN3/c1-119(2,3)79-71-113-116-114(72-79)125(117-81(74-32-6-4-7-33-74)48-30-49-82(117)75-34-8-5-9-35-75)112-73-80(123-109-58-28-20-44-93(109)94-45-21-29-59-110(94)123)63-67-108(112)122(116)107-66-62-78(115-95-46-12-10-36-85(95)86-37-11-13-47-96(86)115)70-111(107)124(113)118-83(76-60-64-105-97(68-76)91-42-18-26-56-103(91)120(105)99-52-22-14-38-87(99)88-39-15-23-53-100(88)120)50-31-51-84(118)77-61-65-106-98(69-77)92-43-19-27-57-104(92)121(106)101-54-24-16-40-89(101)90-41-17-25-55-102(90)121/h4-73,115H,1-3H3/i10D,11D,12D,13D,20D,21D,28D,29D,36D,37D,44D,45D,46D,47D,58D,59D,62D,63D,66D,67D,70D,73D. The zero-order valence-corrected chi connectivity index (χ0v) is 67.7. The Hall–Kier alpha value is -15.4. The number of aromatic nitrogens is 1. The van der Waals surface area contributed by atoms with Gasteiger partial charge in [-0.05, 0) is 221 Å². The average molecular weight is 1610 g/mol. The number of para-hydroxylation sites is 4. The van der Waals surface area contributed by atoms with Crippen molar-refractivity contribution in [3.8, 4) is 106 Å². The van der Waals surface area contributed by atoms with Gasteiger partial charge in [-0.1, -0.05) is 390 Å². The summed E-state index contributed by atoms with van der Waals surface area (Å²) in [5.74, 6) is -1.85. The molecule has 125 heavy (non-hydrogen) atoms. The molecule has 4 heteroatoms. The topological polar surface area (TPSA) is 11.4 Å². The second-order valence-electron chi connectivity index (χ2n) is 34.5. The number of fused-ring (bicyclic) bond motifs is 30. The number of hydrogen-bond acceptors (Lipinski definition) is 2. The monoisotopic (exact) mass is 1610 g/mol. The van der Waals surface area contributed by atoms with Crippen molar-refractivity contribution in [2.75, 3.05) is 9.80 Å². The number of hydrogen-bond donors (Lipinski definition) is 0. The van der Waals surface area contributed by atoms with Gasteiger partial charge in [0.05, 0.1) is 63.4 Å². The molecule has 582 valence electrons. The van der Waals surface area contributed by atoms with Crippen molar-refractivity contribution in [3.05, 3.63) is 491 Å². The highest BCUT2D eigenvalue weighted by molar-refractivity contribution is 7.00. The predicted molar refractivity (Wildman–Crippen MR) is 521 cm³/mol. The molecule has 0 N–H and O–H groups in total. The van der Waals surface area contributed by atoms with Crippen LogP contribution in [-0.4, -0.2) is 11.3 Å². The van der Waals surface area contributed by atoms with Crippen molar-refractivity contribution in [1.29, 1.82) is 0 Å². The summed E-state index contributed by atoms with van der Waals surface area (Å²) in [6.45, 7) is 4.46. The van der Waals surface area contributed by atoms with Crippen LogP contribution >= 0.6 is 0 Å². The Morgan fingerprint density at radius 2 is 0.640 bits per heavy atom. The van der Waals surface area contributed by atoms with Crippen LogP contribution in [-0.2, 0) is 16.2 Å². The van der Waals surface area contributed by atoms with Gasteiger partial charge in [0.2, 0.25) is 0 Å². The zero-order valence-electron chi connectivity index (χ0n) is 89.7. The van der Waals surface area contributed by atoms with Crippen molar-refractivity contribution in [2.24, 2.45) is 0 Å². The Balaban J connectivity index is 0.847. The third kappa shape index (κ3) is 9.50. The molecule has 0 atom stereocenters. The fraction of sp³-hybridized carbons (Fsp3) is 0.0579. The van der Waals surface area contributed by atoms with E-state index >= 15 is 0 Å². The smallest absolute Gasteiger partial charge is 0.252 e. The fourth-order valence-corrected chi connectivity index (χ4v) is 22.5. The Morgan fingerprint density at radius 3 is 1.07 bits per heavy atom. The van der Waals surface area contributed by atoms with Crippen LogP contribution in [0.1, 0.15) is 124 Å². The molecule has 3 heterocycles. The summed E-state index contributed by atoms with van der Waals surface area (Å²) in [4.78, 5) is 3.88. The quantitative estimate of drug-likeness (QED) is 0.141. The Morgan fingerprint density at radius 1 is 0.288 bits per heavy atom. The summed E-state index contributed by atoms with van der Waals surface area (Å²) in [7, 11) is 0. The minimum Gasteiger partial charge on any atom is -0.310 e. The van der Waals surface area contributed by atoms with E-state index in [1.54, 1.807) is 0 Å². The first-order chi connectivity index (χ1) is 70.9. The zero-order chi connectivity index (χ0) is 101. The van der Waals surface area contributed by atoms with E-state index in [2.05, 4.69) is 203 Å². The molecule has 5 aliphatic carbocycles. The summed E-state index contributed by atoms with van der Waals surface area (Å²) in [6.07, 6.45) is 0. The van der Waals surface area contributed by atoms with Gasteiger partial charge in [0, 0.05) is 67.4 Å². The lowest BCUT2D eigenvalue weighted by Crippen LogP contribution is -2.61. The largest absolute Gasteiger partial charge is 0.310 e. The molecule has 0 fully saturated rings. The summed E-state index contributed by atoms with van der Waals surface area (Å²) in [5, 5.41) is -0.710. The first-order valence-corrected chi connectivity index (χ1v) is 42.4. The molecule has 0 bridgehead atoms. The third-order valence-electron chi connectivity index (χ3n) is 27.6. The second kappa shape index (κ2) is 26.1. The van der Waals surface area contributed by atoms with Gasteiger partial charge in [-0.3, -0.25) is 0 Å². The number of anilines is 6. The average Bonchev–Trinajstić information content (AvgIpc) is 1.67. The van der Waals surface area contributed by atoms with E-state index in [-0.39, 0.29) is 55.3 Å². The first-order valence-electron chi connectivity index (χ1n) is 53.4. The molecule has 0 amide bonds. The normalized spacial score (nSPS) is 16.7. The fourth-order valence-electron chi connectivity index (χ4n) is 22.5. The predicted octanol–water partition coefficient (Wildman–Crippen LogP) is 28.7. The van der Waals surface area contributed by atoms with Gasteiger partial charge >= 0.3 is 0 Å². The summed E-state index contributed by atoms with van der Waals surface area (Å²) in [6, 6.07) is 84.2. The highest BCUT2D eigenvalue weighted by Gasteiger charge is 2.55. The van der Waals surface area contributed by atoms with Gasteiger partial charge in [0.25, 0.3) is 6.71 Å². The van der Waals surface area contributed by atoms with E-state index in [9.17, 15) is 30.2 Å². The van der Waals surface area contributed by atoms with Crippen LogP contribution in [0.5, 0.6) is 0 Å². The SMILES string of the molecule is [2H]c1c([2H])c([2H])c2c(c1[2H])-c1c([2H])c([2H])c([2H])c([2H])c1C2c1c([2H])c([2H])c2c(c1[2H])N(c1c(-c3ccc4c(c3)-c3ccccc3C43c4ccccc4-c4ccccc43)cccc1-c1ccc3c(c1)-c1ccccc1C31c3ccccc3-c3ccccc31)c1cc(C(C)(C)C)cc3c1B2c1c([2H])c([2H])c(-n2c4c([2H])c([2H])c([2H])c([2H])c4c4c([2H])c([2H])c([2H])c([2H])c42)c([2H])c1N3c1c(-c2ccccc2)cccc1-c1ccccc1. The van der Waals surface area contributed by atoms with Crippen molar-refractivity contribution >= 4 is 79.0 Å². The van der Waals surface area contributed by atoms with Crippen molar-refractivity contribution < 1.29 is 30.2 Å². The van der Waals surface area contributed by atoms with Crippen LogP contribution in [0.15, 0.2) is 424 Å². The lowest BCUT2D eigenvalue weighted by atomic mass is 9.33. The maximum Gasteiger partial charge on any atom is 0.252 e. The van der Waals surface area contributed by atoms with E-state index in [1.165, 1.54) is 0 Å².